The number of likely N-dealkylation sites (N-methyl/N-ethyl adjacent to an activating group) is 1. The minimum atomic E-state index is -1.04. The molecule has 0 aliphatic heterocycles. The predicted molar refractivity (Wildman–Crippen MR) is 85.9 cm³/mol. The van der Waals surface area contributed by atoms with Gasteiger partial charge in [-0.15, -0.1) is 0 Å². The number of hydrogen-bond donors (Lipinski definition) is 1. The summed E-state index contributed by atoms with van der Waals surface area (Å²) in [5, 5.41) is 9.07. The zero-order chi connectivity index (χ0) is 17.3. The number of furan rings is 1. The summed E-state index contributed by atoms with van der Waals surface area (Å²) < 4.78 is 11.3. The van der Waals surface area contributed by atoms with Gasteiger partial charge in [0.1, 0.15) is 22.8 Å². The normalized spacial score (nSPS) is 14.9. The van der Waals surface area contributed by atoms with Gasteiger partial charge in [-0.05, 0) is 25.1 Å². The third-order valence-electron chi connectivity index (χ3n) is 4.09. The molecule has 0 radical (unpaired) electrons. The van der Waals surface area contributed by atoms with Gasteiger partial charge in [0.25, 0.3) is 5.91 Å². The van der Waals surface area contributed by atoms with Crippen molar-refractivity contribution < 1.29 is 23.8 Å². The molecule has 0 atom stereocenters. The molecule has 1 N–H and O–H groups in total. The van der Waals surface area contributed by atoms with Crippen molar-refractivity contribution in [2.24, 2.45) is 0 Å². The number of nitrogens with zero attached hydrogens (tertiary/aromatic N) is 1. The summed E-state index contributed by atoms with van der Waals surface area (Å²) >= 11 is 0. The van der Waals surface area contributed by atoms with E-state index >= 15 is 0 Å². The van der Waals surface area contributed by atoms with Crippen LogP contribution in [-0.4, -0.2) is 34.5 Å². The highest BCUT2D eigenvalue weighted by molar-refractivity contribution is 5.89. The fourth-order valence-corrected chi connectivity index (χ4v) is 2.67. The highest BCUT2D eigenvalue weighted by Crippen LogP contribution is 2.42. The van der Waals surface area contributed by atoms with Crippen molar-refractivity contribution in [3.8, 4) is 5.75 Å². The van der Waals surface area contributed by atoms with Gasteiger partial charge in [-0.25, -0.2) is 4.79 Å². The molecule has 1 aromatic heterocycles. The number of carboxylic acid groups (broad SMARTS) is 1. The molecule has 6 heteroatoms. The third-order valence-corrected chi connectivity index (χ3v) is 4.09. The second-order valence-electron chi connectivity index (χ2n) is 6.06. The number of ether oxygens (including phenoxy) is 1. The lowest BCUT2D eigenvalue weighted by molar-refractivity contribution is -0.140. The van der Waals surface area contributed by atoms with Crippen molar-refractivity contribution in [3.05, 3.63) is 53.5 Å². The Bertz CT molecular complexity index is 761. The van der Waals surface area contributed by atoms with Crippen LogP contribution in [0.4, 0.5) is 0 Å². The Hall–Kier alpha value is -2.76. The average molecular weight is 329 g/mol. The molecular weight excluding hydrogens is 310 g/mol. The molecule has 1 aliphatic rings. The largest absolute Gasteiger partial charge is 0.478 e. The molecule has 1 aliphatic carbocycles. The van der Waals surface area contributed by atoms with Crippen LogP contribution < -0.4 is 4.74 Å². The van der Waals surface area contributed by atoms with E-state index in [4.69, 9.17) is 14.3 Å². The lowest BCUT2D eigenvalue weighted by Gasteiger charge is -2.23. The highest BCUT2D eigenvalue weighted by Gasteiger charge is 2.54. The summed E-state index contributed by atoms with van der Waals surface area (Å²) in [6.07, 6.45) is 1.34. The second kappa shape index (κ2) is 6.03. The molecule has 6 nitrogen and oxygen atoms in total. The van der Waals surface area contributed by atoms with Gasteiger partial charge in [0.05, 0.1) is 6.54 Å². The smallest absolute Gasteiger partial charge is 0.339 e. The SMILES string of the molecule is Cc1oc(CN(C)C(=O)C2(Oc3ccccc3)CC2)cc1C(=O)O. The van der Waals surface area contributed by atoms with E-state index in [0.717, 1.165) is 0 Å². The van der Waals surface area contributed by atoms with Crippen LogP contribution in [0.3, 0.4) is 0 Å². The van der Waals surface area contributed by atoms with E-state index in [1.54, 1.807) is 14.0 Å². The van der Waals surface area contributed by atoms with Crippen LogP contribution in [0.15, 0.2) is 40.8 Å². The Morgan fingerprint density at radius 2 is 1.96 bits per heavy atom. The van der Waals surface area contributed by atoms with Crippen LogP contribution in [-0.2, 0) is 11.3 Å². The van der Waals surface area contributed by atoms with E-state index in [1.807, 2.05) is 30.3 Å². The van der Waals surface area contributed by atoms with E-state index in [2.05, 4.69) is 0 Å². The number of carboxylic acids is 1. The molecule has 1 fully saturated rings. The first-order chi connectivity index (χ1) is 11.4. The Balaban J connectivity index is 1.68. The maximum absolute atomic E-state index is 12.7. The van der Waals surface area contributed by atoms with Gasteiger partial charge in [0, 0.05) is 19.9 Å². The molecule has 0 saturated heterocycles. The zero-order valence-corrected chi connectivity index (χ0v) is 13.6. The number of carbonyl (C=O) groups excluding carboxylic acids is 1. The molecule has 3 rings (SSSR count). The zero-order valence-electron chi connectivity index (χ0n) is 13.6. The minimum Gasteiger partial charge on any atom is -0.478 e. The molecule has 24 heavy (non-hydrogen) atoms. The average Bonchev–Trinajstić information content (AvgIpc) is 3.23. The van der Waals surface area contributed by atoms with E-state index in [1.165, 1.54) is 11.0 Å². The molecule has 2 aromatic rings. The Morgan fingerprint density at radius 3 is 2.50 bits per heavy atom. The molecule has 1 amide bonds. The van der Waals surface area contributed by atoms with Crippen LogP contribution in [0.2, 0.25) is 0 Å². The number of carbonyl (C=O) groups is 2. The summed E-state index contributed by atoms with van der Waals surface area (Å²) in [5.41, 5.74) is -0.694. The third kappa shape index (κ3) is 3.13. The number of aryl methyl sites for hydroxylation is 1. The molecule has 1 saturated carbocycles. The second-order valence-corrected chi connectivity index (χ2v) is 6.06. The fourth-order valence-electron chi connectivity index (χ4n) is 2.67. The number of benzene rings is 1. The number of hydrogen-bond acceptors (Lipinski definition) is 4. The molecule has 0 bridgehead atoms. The lowest BCUT2D eigenvalue weighted by atomic mass is 10.2. The van der Waals surface area contributed by atoms with Gasteiger partial charge in [-0.2, -0.15) is 0 Å². The summed E-state index contributed by atoms with van der Waals surface area (Å²) in [4.78, 5) is 25.3. The van der Waals surface area contributed by atoms with Gasteiger partial charge in [-0.1, -0.05) is 18.2 Å². The first-order valence-electron chi connectivity index (χ1n) is 7.73. The van der Waals surface area contributed by atoms with Gasteiger partial charge in [0.15, 0.2) is 5.60 Å². The number of amides is 1. The summed E-state index contributed by atoms with van der Waals surface area (Å²) in [5.74, 6) is 0.273. The Morgan fingerprint density at radius 1 is 1.29 bits per heavy atom. The summed E-state index contributed by atoms with van der Waals surface area (Å²) in [6.45, 7) is 1.79. The van der Waals surface area contributed by atoms with Crippen molar-refractivity contribution in [1.82, 2.24) is 4.90 Å². The summed E-state index contributed by atoms with van der Waals surface area (Å²) in [6, 6.07) is 10.7. The van der Waals surface area contributed by atoms with Crippen molar-refractivity contribution in [2.75, 3.05) is 7.05 Å². The number of aromatic carboxylic acids is 1. The number of para-hydroxylation sites is 1. The van der Waals surface area contributed by atoms with Crippen LogP contribution >= 0.6 is 0 Å². The summed E-state index contributed by atoms with van der Waals surface area (Å²) in [7, 11) is 1.66. The molecule has 1 heterocycles. The van der Waals surface area contributed by atoms with Crippen LogP contribution in [0.25, 0.3) is 0 Å². The first kappa shape index (κ1) is 16.1. The molecule has 1 aromatic carbocycles. The van der Waals surface area contributed by atoms with Crippen molar-refractivity contribution in [1.29, 1.82) is 0 Å². The van der Waals surface area contributed by atoms with Crippen LogP contribution in [0.1, 0.15) is 34.7 Å². The van der Waals surface area contributed by atoms with E-state index < -0.39 is 11.6 Å². The van der Waals surface area contributed by atoms with Gasteiger partial charge >= 0.3 is 5.97 Å². The van der Waals surface area contributed by atoms with Gasteiger partial charge in [0.2, 0.25) is 0 Å². The van der Waals surface area contributed by atoms with Crippen molar-refractivity contribution >= 4 is 11.9 Å². The lowest BCUT2D eigenvalue weighted by Crippen LogP contribution is -2.41. The topological polar surface area (TPSA) is 80.0 Å². The fraction of sp³-hybridized carbons (Fsp3) is 0.333. The van der Waals surface area contributed by atoms with Crippen LogP contribution in [0.5, 0.6) is 5.75 Å². The Labute approximate surface area is 139 Å². The van der Waals surface area contributed by atoms with Crippen molar-refractivity contribution in [2.45, 2.75) is 31.9 Å². The van der Waals surface area contributed by atoms with E-state index in [-0.39, 0.29) is 18.0 Å². The monoisotopic (exact) mass is 329 g/mol. The minimum absolute atomic E-state index is 0.118. The first-order valence-corrected chi connectivity index (χ1v) is 7.73. The standard InChI is InChI=1S/C18H19NO5/c1-12-15(16(20)21)10-14(23-12)11-19(2)17(22)18(8-9-18)24-13-6-4-3-5-7-13/h3-7,10H,8-9,11H2,1-2H3,(H,20,21). The molecular formula is C18H19NO5. The molecule has 126 valence electrons. The van der Waals surface area contributed by atoms with Gasteiger partial charge < -0.3 is 19.2 Å². The van der Waals surface area contributed by atoms with Crippen molar-refractivity contribution in [3.63, 3.8) is 0 Å². The Kier molecular flexibility index (Phi) is 4.05. The highest BCUT2D eigenvalue weighted by atomic mass is 16.5. The maximum Gasteiger partial charge on any atom is 0.339 e. The molecule has 0 spiro atoms. The maximum atomic E-state index is 12.7. The quantitative estimate of drug-likeness (QED) is 0.881. The predicted octanol–water partition coefficient (Wildman–Crippen LogP) is 2.86. The van der Waals surface area contributed by atoms with E-state index in [9.17, 15) is 9.59 Å². The van der Waals surface area contributed by atoms with Crippen LogP contribution in [0, 0.1) is 6.92 Å². The molecule has 0 unspecified atom stereocenters. The van der Waals surface area contributed by atoms with E-state index in [0.29, 0.717) is 30.1 Å². The number of rotatable bonds is 6. The van der Waals surface area contributed by atoms with Gasteiger partial charge in [-0.3, -0.25) is 4.79 Å².